The van der Waals surface area contributed by atoms with Crippen LogP contribution in [0.4, 0.5) is 11.4 Å². The van der Waals surface area contributed by atoms with Crippen molar-refractivity contribution in [2.75, 3.05) is 0 Å². The monoisotopic (exact) mass is 328 g/mol. The molecule has 4 aliphatic rings. The van der Waals surface area contributed by atoms with E-state index >= 15 is 0 Å². The van der Waals surface area contributed by atoms with Gasteiger partial charge in [-0.25, -0.2) is 0 Å². The van der Waals surface area contributed by atoms with Crippen molar-refractivity contribution in [3.05, 3.63) is 56.1 Å². The smallest absolute Gasteiger partial charge is 0.281 e. The molecule has 124 valence electrons. The molecule has 0 aromatic heterocycles. The van der Waals surface area contributed by atoms with Crippen LogP contribution >= 0.6 is 0 Å². The van der Waals surface area contributed by atoms with E-state index in [0.717, 1.165) is 36.2 Å². The van der Waals surface area contributed by atoms with Crippen molar-refractivity contribution in [1.29, 1.82) is 0 Å². The molecule has 1 aromatic carbocycles. The number of allylic oxidation sites excluding steroid dienone is 2. The number of nitrogens with zero attached hydrogens (tertiary/aromatic N) is 2. The van der Waals surface area contributed by atoms with Crippen LogP contribution in [0.5, 0.6) is 0 Å². The van der Waals surface area contributed by atoms with Gasteiger partial charge in [-0.3, -0.25) is 20.2 Å². The predicted molar refractivity (Wildman–Crippen MR) is 83.0 cm³/mol. The van der Waals surface area contributed by atoms with Crippen LogP contribution < -0.4 is 0 Å². The van der Waals surface area contributed by atoms with Crippen molar-refractivity contribution >= 4 is 11.4 Å². The summed E-state index contributed by atoms with van der Waals surface area (Å²) in [6, 6.07) is 3.75. The zero-order valence-electron chi connectivity index (χ0n) is 12.8. The molecule has 7 heteroatoms. The average molecular weight is 328 g/mol. The van der Waals surface area contributed by atoms with E-state index in [1.807, 2.05) is 0 Å². The van der Waals surface area contributed by atoms with Crippen molar-refractivity contribution in [1.82, 2.24) is 0 Å². The highest BCUT2D eigenvalue weighted by atomic mass is 16.6. The Hall–Kier alpha value is -2.28. The van der Waals surface area contributed by atoms with Gasteiger partial charge in [0.05, 0.1) is 34.2 Å². The van der Waals surface area contributed by atoms with Crippen molar-refractivity contribution in [2.24, 2.45) is 35.5 Å². The molecule has 4 aliphatic carbocycles. The molecule has 5 rings (SSSR count). The van der Waals surface area contributed by atoms with Crippen molar-refractivity contribution < 1.29 is 14.6 Å². The molecule has 3 saturated carbocycles. The van der Waals surface area contributed by atoms with Crippen LogP contribution in [0.25, 0.3) is 0 Å². The molecule has 7 atom stereocenters. The number of benzene rings is 1. The molecular formula is C17H16N2O5. The molecule has 0 spiro atoms. The summed E-state index contributed by atoms with van der Waals surface area (Å²) in [7, 11) is 0. The first-order valence-electron chi connectivity index (χ1n) is 8.28. The minimum atomic E-state index is -0.621. The molecule has 0 radical (unpaired) electrons. The SMILES string of the molecule is O=[N+]([O-])c1ccc(CO[C@H]2C[C@@H]3[C@@H]4C=C[C@@H]5[C@@H]4[C@H]3[C@H]52)c([N+](=O)[O-])c1. The summed E-state index contributed by atoms with van der Waals surface area (Å²) in [5, 5.41) is 22.0. The summed E-state index contributed by atoms with van der Waals surface area (Å²) in [4.78, 5) is 20.8. The van der Waals surface area contributed by atoms with E-state index in [-0.39, 0.29) is 24.1 Å². The number of hydrogen-bond donors (Lipinski definition) is 0. The Kier molecular flexibility index (Phi) is 2.72. The fourth-order valence-corrected chi connectivity index (χ4v) is 5.71. The molecule has 0 heterocycles. The van der Waals surface area contributed by atoms with E-state index in [1.54, 1.807) is 0 Å². The highest BCUT2D eigenvalue weighted by molar-refractivity contribution is 5.48. The van der Waals surface area contributed by atoms with Gasteiger partial charge in [0.25, 0.3) is 11.4 Å². The Morgan fingerprint density at radius 3 is 2.58 bits per heavy atom. The summed E-state index contributed by atoms with van der Waals surface area (Å²) in [5.74, 6) is 4.28. The second-order valence-corrected chi connectivity index (χ2v) is 7.35. The Bertz CT molecular complexity index is 791. The van der Waals surface area contributed by atoms with Crippen LogP contribution in [-0.2, 0) is 11.3 Å². The van der Waals surface area contributed by atoms with Gasteiger partial charge in [0.1, 0.15) is 0 Å². The normalized spacial score (nSPS) is 39.9. The Balaban J connectivity index is 1.33. The maximum Gasteiger partial charge on any atom is 0.281 e. The molecule has 0 aliphatic heterocycles. The van der Waals surface area contributed by atoms with Gasteiger partial charge in [-0.1, -0.05) is 12.2 Å². The standard InChI is InChI=1S/C17H16N2O5/c20-18(21)9-2-1-8(13(5-9)19(22)23)7-24-14-6-12-10-3-4-11-15(10)17(12)16(11)14/h1-5,10-12,14-17H,6-7H2/t10-,11+,12+,14-,15+,16+,17-/m0/s1. The van der Waals surface area contributed by atoms with Gasteiger partial charge in [0.15, 0.2) is 0 Å². The van der Waals surface area contributed by atoms with Crippen LogP contribution in [0, 0.1) is 55.7 Å². The lowest BCUT2D eigenvalue weighted by atomic mass is 9.44. The van der Waals surface area contributed by atoms with Gasteiger partial charge >= 0.3 is 0 Å². The third kappa shape index (κ3) is 1.65. The summed E-state index contributed by atoms with van der Waals surface area (Å²) in [5.41, 5.74) is -0.104. The van der Waals surface area contributed by atoms with Crippen LogP contribution in [0.1, 0.15) is 12.0 Å². The molecule has 7 nitrogen and oxygen atoms in total. The van der Waals surface area contributed by atoms with Gasteiger partial charge in [-0.15, -0.1) is 0 Å². The molecular weight excluding hydrogens is 312 g/mol. The van der Waals surface area contributed by atoms with Crippen LogP contribution in [0.15, 0.2) is 30.4 Å². The van der Waals surface area contributed by atoms with Crippen molar-refractivity contribution in [3.8, 4) is 0 Å². The summed E-state index contributed by atoms with van der Waals surface area (Å²) >= 11 is 0. The number of fused-ring (bicyclic) bond motifs is 2. The third-order valence-corrected chi connectivity index (χ3v) is 6.63. The van der Waals surface area contributed by atoms with Gasteiger partial charge in [0.2, 0.25) is 0 Å². The third-order valence-electron chi connectivity index (χ3n) is 6.63. The molecule has 0 amide bonds. The number of hydrogen-bond acceptors (Lipinski definition) is 5. The molecule has 0 saturated heterocycles. The molecule has 0 bridgehead atoms. The fourth-order valence-electron chi connectivity index (χ4n) is 5.71. The van der Waals surface area contributed by atoms with Crippen LogP contribution in [0.2, 0.25) is 0 Å². The summed E-state index contributed by atoms with van der Waals surface area (Å²) < 4.78 is 6.06. The minimum Gasteiger partial charge on any atom is -0.373 e. The second kappa shape index (κ2) is 4.63. The van der Waals surface area contributed by atoms with E-state index in [0.29, 0.717) is 17.4 Å². The number of rotatable bonds is 5. The first kappa shape index (κ1) is 14.1. The topological polar surface area (TPSA) is 95.5 Å². The highest BCUT2D eigenvalue weighted by Crippen LogP contribution is 2.75. The maximum absolute atomic E-state index is 11.2. The van der Waals surface area contributed by atoms with Gasteiger partial charge in [0, 0.05) is 6.07 Å². The maximum atomic E-state index is 11.2. The number of non-ortho nitro benzene ring substituents is 1. The van der Waals surface area contributed by atoms with E-state index in [4.69, 9.17) is 4.74 Å². The summed E-state index contributed by atoms with van der Waals surface area (Å²) in [6.45, 7) is 0.140. The first-order chi connectivity index (χ1) is 11.6. The number of nitro benzene ring substituents is 2. The molecule has 0 N–H and O–H groups in total. The second-order valence-electron chi connectivity index (χ2n) is 7.35. The van der Waals surface area contributed by atoms with Crippen LogP contribution in [-0.4, -0.2) is 16.0 Å². The van der Waals surface area contributed by atoms with Crippen molar-refractivity contribution in [2.45, 2.75) is 19.1 Å². The zero-order valence-corrected chi connectivity index (χ0v) is 12.8. The van der Waals surface area contributed by atoms with E-state index in [2.05, 4.69) is 12.2 Å². The molecule has 24 heavy (non-hydrogen) atoms. The van der Waals surface area contributed by atoms with Crippen molar-refractivity contribution in [3.63, 3.8) is 0 Å². The van der Waals surface area contributed by atoms with E-state index in [1.165, 1.54) is 12.1 Å². The Labute approximate surface area is 137 Å². The molecule has 0 unspecified atom stereocenters. The van der Waals surface area contributed by atoms with E-state index in [9.17, 15) is 20.2 Å². The lowest BCUT2D eigenvalue weighted by Gasteiger charge is -2.60. The quantitative estimate of drug-likeness (QED) is 0.470. The Morgan fingerprint density at radius 1 is 1.04 bits per heavy atom. The summed E-state index contributed by atoms with van der Waals surface area (Å²) in [6.07, 6.45) is 5.90. The number of ether oxygens (including phenoxy) is 1. The first-order valence-corrected chi connectivity index (χ1v) is 8.28. The van der Waals surface area contributed by atoms with E-state index < -0.39 is 9.85 Å². The van der Waals surface area contributed by atoms with Crippen LogP contribution in [0.3, 0.4) is 0 Å². The van der Waals surface area contributed by atoms with Gasteiger partial charge < -0.3 is 4.74 Å². The Morgan fingerprint density at radius 2 is 1.83 bits per heavy atom. The predicted octanol–water partition coefficient (Wildman–Crippen LogP) is 3.09. The largest absolute Gasteiger partial charge is 0.373 e. The lowest BCUT2D eigenvalue weighted by Crippen LogP contribution is -2.57. The fraction of sp³-hybridized carbons (Fsp3) is 0.529. The molecule has 3 fully saturated rings. The average Bonchev–Trinajstić information content (AvgIpc) is 2.81. The van der Waals surface area contributed by atoms with Gasteiger partial charge in [-0.2, -0.15) is 0 Å². The number of nitro groups is 2. The molecule has 1 aromatic rings. The highest BCUT2D eigenvalue weighted by Gasteiger charge is 2.72. The minimum absolute atomic E-state index is 0.140. The van der Waals surface area contributed by atoms with Gasteiger partial charge in [-0.05, 0) is 48.0 Å². The zero-order chi connectivity index (χ0) is 16.6. The lowest BCUT2D eigenvalue weighted by molar-refractivity contribution is -0.394.